The van der Waals surface area contributed by atoms with Crippen molar-refractivity contribution in [2.45, 2.75) is 18.2 Å². The molecule has 0 amide bonds. The quantitative estimate of drug-likeness (QED) is 0.771. The number of rotatable bonds is 4. The van der Waals surface area contributed by atoms with E-state index in [2.05, 4.69) is 14.9 Å². The Bertz CT molecular complexity index is 898. The highest BCUT2D eigenvalue weighted by Gasteiger charge is 2.21. The zero-order valence-electron chi connectivity index (χ0n) is 11.1. The van der Waals surface area contributed by atoms with Crippen LogP contribution in [-0.4, -0.2) is 18.6 Å². The minimum absolute atomic E-state index is 0.138. The summed E-state index contributed by atoms with van der Waals surface area (Å²) in [5.74, 6) is 0.209. The van der Waals surface area contributed by atoms with Crippen LogP contribution in [0.2, 0.25) is 5.02 Å². The van der Waals surface area contributed by atoms with Crippen LogP contribution in [0.1, 0.15) is 12.5 Å². The number of benzene rings is 1. The molecule has 3 rings (SSSR count). The Morgan fingerprint density at radius 1 is 1.43 bits per heavy atom. The SMILES string of the molecule is CCc1conc1NS(=O)(=O)c1c[nH]c2cc(Cl)ccc12. The van der Waals surface area contributed by atoms with Crippen molar-refractivity contribution in [2.75, 3.05) is 4.72 Å². The van der Waals surface area contributed by atoms with Crippen molar-refractivity contribution in [3.63, 3.8) is 0 Å². The van der Waals surface area contributed by atoms with Crippen LogP contribution in [0.25, 0.3) is 10.9 Å². The third kappa shape index (κ3) is 2.50. The van der Waals surface area contributed by atoms with E-state index in [0.29, 0.717) is 27.9 Å². The molecule has 3 aromatic rings. The Morgan fingerprint density at radius 2 is 2.24 bits per heavy atom. The normalized spacial score (nSPS) is 11.9. The van der Waals surface area contributed by atoms with Gasteiger partial charge in [0, 0.05) is 27.7 Å². The van der Waals surface area contributed by atoms with Crippen molar-refractivity contribution < 1.29 is 12.9 Å². The largest absolute Gasteiger partial charge is 0.362 e. The van der Waals surface area contributed by atoms with E-state index >= 15 is 0 Å². The molecule has 2 heterocycles. The average molecular weight is 326 g/mol. The number of nitrogens with one attached hydrogen (secondary N) is 2. The van der Waals surface area contributed by atoms with Crippen LogP contribution in [0.5, 0.6) is 0 Å². The van der Waals surface area contributed by atoms with E-state index in [4.69, 9.17) is 16.1 Å². The number of hydrogen-bond donors (Lipinski definition) is 2. The Labute approximate surface area is 126 Å². The van der Waals surface area contributed by atoms with Crippen LogP contribution in [0.4, 0.5) is 5.82 Å². The van der Waals surface area contributed by atoms with Crippen LogP contribution >= 0.6 is 11.6 Å². The topological polar surface area (TPSA) is 88.0 Å². The molecule has 1 aromatic carbocycles. The summed E-state index contributed by atoms with van der Waals surface area (Å²) in [7, 11) is -3.76. The van der Waals surface area contributed by atoms with E-state index in [0.717, 1.165) is 0 Å². The van der Waals surface area contributed by atoms with Gasteiger partial charge in [0.1, 0.15) is 11.2 Å². The van der Waals surface area contributed by atoms with E-state index < -0.39 is 10.0 Å². The molecule has 0 saturated carbocycles. The van der Waals surface area contributed by atoms with Crippen molar-refractivity contribution in [3.05, 3.63) is 41.2 Å². The third-order valence-electron chi connectivity index (χ3n) is 3.15. The Balaban J connectivity index is 2.04. The highest BCUT2D eigenvalue weighted by Crippen LogP contribution is 2.27. The number of sulfonamides is 1. The first-order valence-electron chi connectivity index (χ1n) is 6.24. The number of aryl methyl sites for hydroxylation is 1. The predicted molar refractivity (Wildman–Crippen MR) is 80.0 cm³/mol. The van der Waals surface area contributed by atoms with E-state index in [1.807, 2.05) is 6.92 Å². The Hall–Kier alpha value is -1.99. The second-order valence-corrected chi connectivity index (χ2v) is 6.58. The van der Waals surface area contributed by atoms with Gasteiger partial charge in [-0.3, -0.25) is 4.72 Å². The molecule has 21 heavy (non-hydrogen) atoms. The summed E-state index contributed by atoms with van der Waals surface area (Å²) in [6, 6.07) is 4.97. The second kappa shape index (κ2) is 5.09. The van der Waals surface area contributed by atoms with Crippen LogP contribution in [0.3, 0.4) is 0 Å². The summed E-state index contributed by atoms with van der Waals surface area (Å²) in [6.07, 6.45) is 3.47. The molecule has 8 heteroatoms. The number of anilines is 1. The summed E-state index contributed by atoms with van der Waals surface area (Å²) in [6.45, 7) is 1.89. The highest BCUT2D eigenvalue weighted by molar-refractivity contribution is 7.93. The second-order valence-electron chi connectivity index (χ2n) is 4.49. The maximum absolute atomic E-state index is 12.5. The van der Waals surface area contributed by atoms with Crippen molar-refractivity contribution >= 4 is 38.3 Å². The number of H-pyrrole nitrogens is 1. The van der Waals surface area contributed by atoms with Gasteiger partial charge in [-0.05, 0) is 24.6 Å². The molecule has 0 fully saturated rings. The van der Waals surface area contributed by atoms with Crippen LogP contribution in [0.15, 0.2) is 40.1 Å². The lowest BCUT2D eigenvalue weighted by Gasteiger charge is -2.05. The lowest BCUT2D eigenvalue weighted by Crippen LogP contribution is -2.13. The Morgan fingerprint density at radius 3 is 3.00 bits per heavy atom. The first kappa shape index (κ1) is 14.0. The molecule has 0 aliphatic rings. The number of aromatic nitrogens is 2. The number of fused-ring (bicyclic) bond motifs is 1. The predicted octanol–water partition coefficient (Wildman–Crippen LogP) is 3.17. The van der Waals surface area contributed by atoms with Crippen molar-refractivity contribution in [1.29, 1.82) is 0 Å². The van der Waals surface area contributed by atoms with E-state index in [9.17, 15) is 8.42 Å². The summed E-state index contributed by atoms with van der Waals surface area (Å²) < 4.78 is 32.2. The molecule has 0 aliphatic heterocycles. The zero-order chi connectivity index (χ0) is 15.0. The van der Waals surface area contributed by atoms with Gasteiger partial charge < -0.3 is 9.51 Å². The van der Waals surface area contributed by atoms with Crippen LogP contribution < -0.4 is 4.72 Å². The smallest absolute Gasteiger partial charge is 0.265 e. The van der Waals surface area contributed by atoms with Gasteiger partial charge in [-0.2, -0.15) is 0 Å². The molecule has 0 bridgehead atoms. The lowest BCUT2D eigenvalue weighted by atomic mass is 10.2. The van der Waals surface area contributed by atoms with E-state index in [-0.39, 0.29) is 10.7 Å². The molecule has 0 spiro atoms. The van der Waals surface area contributed by atoms with Gasteiger partial charge in [-0.1, -0.05) is 23.7 Å². The number of nitrogens with zero attached hydrogens (tertiary/aromatic N) is 1. The fourth-order valence-electron chi connectivity index (χ4n) is 2.07. The number of aromatic amines is 1. The number of halogens is 1. The monoisotopic (exact) mass is 325 g/mol. The van der Waals surface area contributed by atoms with Gasteiger partial charge in [0.15, 0.2) is 5.82 Å². The van der Waals surface area contributed by atoms with Gasteiger partial charge in [-0.25, -0.2) is 8.42 Å². The zero-order valence-corrected chi connectivity index (χ0v) is 12.6. The van der Waals surface area contributed by atoms with Crippen molar-refractivity contribution in [2.24, 2.45) is 0 Å². The maximum atomic E-state index is 12.5. The molecule has 0 saturated heterocycles. The molecule has 2 N–H and O–H groups in total. The summed E-state index contributed by atoms with van der Waals surface area (Å²) in [5, 5.41) is 4.78. The van der Waals surface area contributed by atoms with E-state index in [1.54, 1.807) is 18.2 Å². The lowest BCUT2D eigenvalue weighted by molar-refractivity contribution is 0.422. The molecule has 0 atom stereocenters. The fraction of sp³-hybridized carbons (Fsp3) is 0.154. The molecule has 110 valence electrons. The molecule has 0 unspecified atom stereocenters. The molecular formula is C13H12ClN3O3S. The van der Waals surface area contributed by atoms with Crippen LogP contribution in [-0.2, 0) is 16.4 Å². The molecule has 0 aliphatic carbocycles. The maximum Gasteiger partial charge on any atom is 0.265 e. The van der Waals surface area contributed by atoms with E-state index in [1.165, 1.54) is 12.5 Å². The summed E-state index contributed by atoms with van der Waals surface area (Å²) in [4.78, 5) is 3.03. The van der Waals surface area contributed by atoms with Crippen LogP contribution in [0, 0.1) is 0 Å². The van der Waals surface area contributed by atoms with Gasteiger partial charge >= 0.3 is 0 Å². The molecule has 2 aromatic heterocycles. The highest BCUT2D eigenvalue weighted by atomic mass is 35.5. The van der Waals surface area contributed by atoms with Gasteiger partial charge in [0.05, 0.1) is 0 Å². The molecular weight excluding hydrogens is 314 g/mol. The van der Waals surface area contributed by atoms with Gasteiger partial charge in [0.2, 0.25) is 0 Å². The standard InChI is InChI=1S/C13H12ClN3O3S/c1-2-8-7-20-16-13(8)17-21(18,19)12-6-15-11-5-9(14)3-4-10(11)12/h3-7,15H,2H2,1H3,(H,16,17). The van der Waals surface area contributed by atoms with Crippen molar-refractivity contribution in [3.8, 4) is 0 Å². The van der Waals surface area contributed by atoms with Gasteiger partial charge in [-0.15, -0.1) is 0 Å². The molecule has 0 radical (unpaired) electrons. The fourth-order valence-corrected chi connectivity index (χ4v) is 3.46. The van der Waals surface area contributed by atoms with Crippen molar-refractivity contribution in [1.82, 2.24) is 10.1 Å². The minimum Gasteiger partial charge on any atom is -0.362 e. The third-order valence-corrected chi connectivity index (χ3v) is 4.76. The van der Waals surface area contributed by atoms with Gasteiger partial charge in [0.25, 0.3) is 10.0 Å². The molecule has 6 nitrogen and oxygen atoms in total. The Kier molecular flexibility index (Phi) is 3.38. The number of hydrogen-bond acceptors (Lipinski definition) is 4. The average Bonchev–Trinajstić information content (AvgIpc) is 3.04. The summed E-state index contributed by atoms with van der Waals surface area (Å²) >= 11 is 5.89. The first-order valence-corrected chi connectivity index (χ1v) is 8.10. The first-order chi connectivity index (χ1) is 10.0. The minimum atomic E-state index is -3.76. The summed E-state index contributed by atoms with van der Waals surface area (Å²) in [5.41, 5.74) is 1.35.